The van der Waals surface area contributed by atoms with E-state index in [1.165, 1.54) is 22.3 Å². The van der Waals surface area contributed by atoms with Crippen LogP contribution in [0.2, 0.25) is 0 Å². The average Bonchev–Trinajstić information content (AvgIpc) is 3.33. The molecule has 0 atom stereocenters. The zero-order valence-corrected chi connectivity index (χ0v) is 23.0. The van der Waals surface area contributed by atoms with Gasteiger partial charge in [0, 0.05) is 37.7 Å². The molecule has 0 unspecified atom stereocenters. The smallest absolute Gasteiger partial charge is 0.128 e. The Hall–Kier alpha value is -5.22. The first kappa shape index (κ1) is 24.8. The van der Waals surface area contributed by atoms with E-state index in [0.29, 0.717) is 0 Å². The molecule has 4 heteroatoms. The summed E-state index contributed by atoms with van der Waals surface area (Å²) in [7, 11) is 4.06. The summed E-state index contributed by atoms with van der Waals surface area (Å²) in [4.78, 5) is 11.6. The molecular formula is C37H29N3O. The molecule has 41 heavy (non-hydrogen) atoms. The minimum absolute atomic E-state index is 0.563. The van der Waals surface area contributed by atoms with Crippen LogP contribution >= 0.6 is 0 Å². The highest BCUT2D eigenvalue weighted by Gasteiger charge is 2.47. The summed E-state index contributed by atoms with van der Waals surface area (Å²) in [5.41, 5.74) is 9.48. The molecule has 0 amide bonds. The number of rotatable bonds is 6. The van der Waals surface area contributed by atoms with Gasteiger partial charge < -0.3 is 9.64 Å². The van der Waals surface area contributed by atoms with E-state index in [9.17, 15) is 0 Å². The molecule has 7 rings (SSSR count). The second-order valence-electron chi connectivity index (χ2n) is 10.5. The Kier molecular flexibility index (Phi) is 6.09. The van der Waals surface area contributed by atoms with Crippen LogP contribution in [0.5, 0.6) is 11.5 Å². The Bertz CT molecular complexity index is 1820. The number of fused-ring (bicyclic) bond motifs is 3. The minimum Gasteiger partial charge on any atom is -0.457 e. The fourth-order valence-electron chi connectivity index (χ4n) is 6.06. The first-order valence-electron chi connectivity index (χ1n) is 13.8. The van der Waals surface area contributed by atoms with Gasteiger partial charge in [0.1, 0.15) is 11.5 Å². The summed E-state index contributed by atoms with van der Waals surface area (Å²) in [5.74, 6) is 1.53. The van der Waals surface area contributed by atoms with Gasteiger partial charge in [-0.15, -0.1) is 0 Å². The van der Waals surface area contributed by atoms with Gasteiger partial charge in [-0.25, -0.2) is 0 Å². The van der Waals surface area contributed by atoms with E-state index in [1.807, 2.05) is 62.9 Å². The van der Waals surface area contributed by atoms with Gasteiger partial charge in [-0.3, -0.25) is 9.97 Å². The first-order chi connectivity index (χ1) is 20.1. The largest absolute Gasteiger partial charge is 0.457 e. The number of hydrogen-bond donors (Lipinski definition) is 0. The Labute approximate surface area is 240 Å². The fourth-order valence-corrected chi connectivity index (χ4v) is 6.06. The van der Waals surface area contributed by atoms with Gasteiger partial charge in [0.2, 0.25) is 0 Å². The van der Waals surface area contributed by atoms with Crippen molar-refractivity contribution >= 4 is 5.69 Å². The molecule has 0 saturated carbocycles. The number of hydrogen-bond acceptors (Lipinski definition) is 4. The van der Waals surface area contributed by atoms with Crippen molar-refractivity contribution in [3.63, 3.8) is 0 Å². The van der Waals surface area contributed by atoms with E-state index >= 15 is 0 Å². The number of nitrogens with zero attached hydrogens (tertiary/aromatic N) is 3. The minimum atomic E-state index is -0.563. The summed E-state index contributed by atoms with van der Waals surface area (Å²) in [6.07, 6.45) is 3.72. The van der Waals surface area contributed by atoms with Crippen LogP contribution in [0.3, 0.4) is 0 Å². The molecule has 1 aliphatic rings. The van der Waals surface area contributed by atoms with Gasteiger partial charge in [0.15, 0.2) is 0 Å². The van der Waals surface area contributed by atoms with Crippen LogP contribution in [0.25, 0.3) is 22.4 Å². The van der Waals surface area contributed by atoms with Crippen molar-refractivity contribution in [1.82, 2.24) is 9.97 Å². The predicted octanol–water partition coefficient (Wildman–Crippen LogP) is 8.37. The number of anilines is 1. The van der Waals surface area contributed by atoms with Gasteiger partial charge in [0.25, 0.3) is 0 Å². The number of benzene rings is 4. The van der Waals surface area contributed by atoms with Gasteiger partial charge in [-0.1, -0.05) is 78.9 Å². The van der Waals surface area contributed by atoms with Gasteiger partial charge in [-0.05, 0) is 76.3 Å². The summed E-state index contributed by atoms with van der Waals surface area (Å²) >= 11 is 0. The van der Waals surface area contributed by atoms with Crippen molar-refractivity contribution < 1.29 is 4.74 Å². The second kappa shape index (κ2) is 10.1. The lowest BCUT2D eigenvalue weighted by atomic mass is 9.70. The lowest BCUT2D eigenvalue weighted by Gasteiger charge is -2.32. The van der Waals surface area contributed by atoms with Crippen LogP contribution in [0.15, 0.2) is 140 Å². The summed E-state index contributed by atoms with van der Waals surface area (Å²) in [6.45, 7) is 0. The van der Waals surface area contributed by atoms with E-state index in [4.69, 9.17) is 9.72 Å². The molecule has 0 saturated heterocycles. The predicted molar refractivity (Wildman–Crippen MR) is 166 cm³/mol. The van der Waals surface area contributed by atoms with Gasteiger partial charge >= 0.3 is 0 Å². The van der Waals surface area contributed by atoms with Crippen LogP contribution in [-0.4, -0.2) is 24.1 Å². The zero-order valence-electron chi connectivity index (χ0n) is 23.0. The monoisotopic (exact) mass is 531 g/mol. The topological polar surface area (TPSA) is 38.2 Å². The maximum absolute atomic E-state index is 6.52. The third-order valence-electron chi connectivity index (χ3n) is 7.89. The van der Waals surface area contributed by atoms with Crippen molar-refractivity contribution in [3.8, 4) is 33.9 Å². The third-order valence-corrected chi connectivity index (χ3v) is 7.89. The number of pyridine rings is 2. The standard InChI is InChI=1S/C37H29N3O/c1-40(2)28-20-22-38-35(25-28)26-11-9-13-29(23-26)41-30-14-10-12-27(24-30)37(36-19-7-8-21-39-36)33-17-5-3-15-31(33)32-16-4-6-18-34(32)37/h3-25H,1-2H3. The van der Waals surface area contributed by atoms with E-state index in [2.05, 4.69) is 101 Å². The van der Waals surface area contributed by atoms with Crippen molar-refractivity contribution in [2.24, 2.45) is 0 Å². The molecule has 0 radical (unpaired) electrons. The Morgan fingerprint density at radius 3 is 1.98 bits per heavy atom. The molecule has 0 N–H and O–H groups in total. The molecule has 0 bridgehead atoms. The van der Waals surface area contributed by atoms with Gasteiger partial charge in [-0.2, -0.15) is 0 Å². The summed E-state index contributed by atoms with van der Waals surface area (Å²) in [5, 5.41) is 0. The second-order valence-corrected chi connectivity index (χ2v) is 10.5. The van der Waals surface area contributed by atoms with Crippen molar-refractivity contribution in [3.05, 3.63) is 162 Å². The molecule has 0 fully saturated rings. The molecule has 2 aromatic heterocycles. The SMILES string of the molecule is CN(C)c1ccnc(-c2cccc(Oc3cccc(C4(c5ccccn5)c5ccccc5-c5ccccc54)c3)c2)c1. The Morgan fingerprint density at radius 2 is 1.27 bits per heavy atom. The highest BCUT2D eigenvalue weighted by atomic mass is 16.5. The van der Waals surface area contributed by atoms with Crippen LogP contribution < -0.4 is 9.64 Å². The molecule has 4 aromatic carbocycles. The molecule has 4 nitrogen and oxygen atoms in total. The molecule has 0 spiro atoms. The highest BCUT2D eigenvalue weighted by molar-refractivity contribution is 5.85. The molecule has 0 aliphatic heterocycles. The lowest BCUT2D eigenvalue weighted by Crippen LogP contribution is -2.29. The normalized spacial score (nSPS) is 12.8. The average molecular weight is 532 g/mol. The maximum atomic E-state index is 6.52. The molecule has 1 aliphatic carbocycles. The number of ether oxygens (including phenoxy) is 1. The molecule has 6 aromatic rings. The fraction of sp³-hybridized carbons (Fsp3) is 0.0811. The van der Waals surface area contributed by atoms with E-state index in [1.54, 1.807) is 0 Å². The van der Waals surface area contributed by atoms with E-state index in [0.717, 1.165) is 39.7 Å². The van der Waals surface area contributed by atoms with Crippen molar-refractivity contribution in [2.45, 2.75) is 5.41 Å². The van der Waals surface area contributed by atoms with Crippen LogP contribution in [0, 0.1) is 0 Å². The zero-order chi connectivity index (χ0) is 27.8. The van der Waals surface area contributed by atoms with E-state index < -0.39 is 5.41 Å². The van der Waals surface area contributed by atoms with Crippen LogP contribution in [-0.2, 0) is 5.41 Å². The maximum Gasteiger partial charge on any atom is 0.128 e. The molecular weight excluding hydrogens is 502 g/mol. The highest BCUT2D eigenvalue weighted by Crippen LogP contribution is 2.55. The summed E-state index contributed by atoms with van der Waals surface area (Å²) in [6, 6.07) is 44.2. The van der Waals surface area contributed by atoms with Crippen molar-refractivity contribution in [2.75, 3.05) is 19.0 Å². The molecule has 198 valence electrons. The first-order valence-corrected chi connectivity index (χ1v) is 13.8. The van der Waals surface area contributed by atoms with Crippen LogP contribution in [0.4, 0.5) is 5.69 Å². The third kappa shape index (κ3) is 4.16. The number of aromatic nitrogens is 2. The van der Waals surface area contributed by atoms with Crippen LogP contribution in [0.1, 0.15) is 22.4 Å². The van der Waals surface area contributed by atoms with Crippen molar-refractivity contribution in [1.29, 1.82) is 0 Å². The lowest BCUT2D eigenvalue weighted by molar-refractivity contribution is 0.481. The van der Waals surface area contributed by atoms with Gasteiger partial charge in [0.05, 0.1) is 16.8 Å². The van der Waals surface area contributed by atoms with E-state index in [-0.39, 0.29) is 0 Å². The molecule has 2 heterocycles. The Balaban J connectivity index is 1.34. The quantitative estimate of drug-likeness (QED) is 0.216. The Morgan fingerprint density at radius 1 is 0.585 bits per heavy atom. The summed E-state index contributed by atoms with van der Waals surface area (Å²) < 4.78 is 6.52.